The molecular weight excluding hydrogens is 384 g/mol. The molecule has 0 bridgehead atoms. The number of rotatable bonds is 15. The van der Waals surface area contributed by atoms with Gasteiger partial charge < -0.3 is 11.1 Å². The molecule has 0 radical (unpaired) electrons. The fourth-order valence-electron chi connectivity index (χ4n) is 5.44. The highest BCUT2D eigenvalue weighted by Gasteiger charge is 2.29. The van der Waals surface area contributed by atoms with Crippen LogP contribution in [0.3, 0.4) is 0 Å². The molecule has 1 fully saturated rings. The van der Waals surface area contributed by atoms with E-state index in [0.717, 1.165) is 29.6 Å². The van der Waals surface area contributed by atoms with E-state index >= 15 is 0 Å². The number of nitrogens with two attached hydrogens (primary N) is 1. The lowest BCUT2D eigenvalue weighted by molar-refractivity contribution is 0.210. The third-order valence-corrected chi connectivity index (χ3v) is 9.95. The van der Waals surface area contributed by atoms with Crippen LogP contribution < -0.4 is 11.1 Å². The Bertz CT molecular complexity index is 414. The van der Waals surface area contributed by atoms with Crippen molar-refractivity contribution >= 4 is 11.8 Å². The Labute approximate surface area is 194 Å². The number of unbranched alkanes of at least 4 members (excludes halogenated alkanes) is 1. The maximum Gasteiger partial charge on any atom is 0.00847 e. The molecule has 3 N–H and O–H groups in total. The van der Waals surface area contributed by atoms with Crippen LogP contribution >= 0.6 is 11.8 Å². The zero-order chi connectivity index (χ0) is 22.5. The second kappa shape index (κ2) is 16.0. The molecule has 0 aromatic heterocycles. The number of hydrogen-bond donors (Lipinski definition) is 2. The Morgan fingerprint density at radius 3 is 2.30 bits per heavy atom. The first-order valence-electron chi connectivity index (χ1n) is 13.4. The molecule has 8 atom stereocenters. The number of hydrogen-bond acceptors (Lipinski definition) is 3. The minimum atomic E-state index is 0.303. The Morgan fingerprint density at radius 2 is 1.70 bits per heavy atom. The molecule has 30 heavy (non-hydrogen) atoms. The van der Waals surface area contributed by atoms with Crippen LogP contribution in [0.4, 0.5) is 0 Å². The highest BCUT2D eigenvalue weighted by atomic mass is 32.2. The van der Waals surface area contributed by atoms with E-state index in [4.69, 9.17) is 5.73 Å². The molecule has 1 aliphatic heterocycles. The SMILES string of the molecule is CCCCC(CC)CC(C)C1CCNCC(C(C)CCSC(CC)C(C)C(C)N)C1. The van der Waals surface area contributed by atoms with Gasteiger partial charge in [0.25, 0.3) is 0 Å². The molecule has 0 aromatic carbocycles. The summed E-state index contributed by atoms with van der Waals surface area (Å²) >= 11 is 2.18. The lowest BCUT2D eigenvalue weighted by atomic mass is 9.75. The zero-order valence-corrected chi connectivity index (χ0v) is 22.4. The van der Waals surface area contributed by atoms with Crippen LogP contribution in [0.2, 0.25) is 0 Å². The van der Waals surface area contributed by atoms with Crippen molar-refractivity contribution in [1.29, 1.82) is 0 Å². The largest absolute Gasteiger partial charge is 0.328 e. The molecule has 0 aliphatic carbocycles. The summed E-state index contributed by atoms with van der Waals surface area (Å²) in [5.41, 5.74) is 6.17. The monoisotopic (exact) mass is 440 g/mol. The number of thioether (sulfide) groups is 1. The molecule has 2 nitrogen and oxygen atoms in total. The van der Waals surface area contributed by atoms with Gasteiger partial charge >= 0.3 is 0 Å². The first kappa shape index (κ1) is 28.3. The van der Waals surface area contributed by atoms with Gasteiger partial charge in [-0.25, -0.2) is 0 Å². The standard InChI is InChI=1S/C27H56N2S/c1-8-11-12-24(9-2)17-21(5)25-13-15-29-19-26(18-25)20(4)14-16-30-27(10-3)22(6)23(7)28/h20-27,29H,8-19,28H2,1-7H3. The lowest BCUT2D eigenvalue weighted by Gasteiger charge is -2.31. The second-order valence-electron chi connectivity index (χ2n) is 10.7. The van der Waals surface area contributed by atoms with Crippen molar-refractivity contribution in [1.82, 2.24) is 5.32 Å². The van der Waals surface area contributed by atoms with Gasteiger partial charge in [-0.1, -0.05) is 67.2 Å². The van der Waals surface area contributed by atoms with Gasteiger partial charge in [-0.3, -0.25) is 0 Å². The quantitative estimate of drug-likeness (QED) is 0.279. The average molecular weight is 441 g/mol. The fraction of sp³-hybridized carbons (Fsp3) is 1.00. The van der Waals surface area contributed by atoms with Crippen molar-refractivity contribution in [2.75, 3.05) is 18.8 Å². The summed E-state index contributed by atoms with van der Waals surface area (Å²) in [6.45, 7) is 19.1. The van der Waals surface area contributed by atoms with Gasteiger partial charge in [0.15, 0.2) is 0 Å². The van der Waals surface area contributed by atoms with Gasteiger partial charge in [0.1, 0.15) is 0 Å². The van der Waals surface area contributed by atoms with Crippen LogP contribution in [0, 0.1) is 35.5 Å². The molecule has 180 valence electrons. The second-order valence-corrected chi connectivity index (χ2v) is 12.0. The highest BCUT2D eigenvalue weighted by Crippen LogP contribution is 2.36. The first-order chi connectivity index (χ1) is 14.3. The normalized spacial score (nSPS) is 26.4. The maximum absolute atomic E-state index is 6.17. The maximum atomic E-state index is 6.17. The predicted molar refractivity (Wildman–Crippen MR) is 139 cm³/mol. The molecule has 0 amide bonds. The molecule has 0 aromatic rings. The van der Waals surface area contributed by atoms with Crippen molar-refractivity contribution in [3.63, 3.8) is 0 Å². The van der Waals surface area contributed by atoms with Gasteiger partial charge in [-0.2, -0.15) is 11.8 Å². The van der Waals surface area contributed by atoms with Gasteiger partial charge in [0.05, 0.1) is 0 Å². The zero-order valence-electron chi connectivity index (χ0n) is 21.6. The van der Waals surface area contributed by atoms with Crippen LogP contribution in [0.1, 0.15) is 106 Å². The highest BCUT2D eigenvalue weighted by molar-refractivity contribution is 7.99. The van der Waals surface area contributed by atoms with Gasteiger partial charge in [-0.15, -0.1) is 0 Å². The van der Waals surface area contributed by atoms with Crippen molar-refractivity contribution in [3.8, 4) is 0 Å². The smallest absolute Gasteiger partial charge is 0.00847 e. The Kier molecular flexibility index (Phi) is 15.1. The Hall–Kier alpha value is 0.270. The van der Waals surface area contributed by atoms with Crippen molar-refractivity contribution in [2.24, 2.45) is 41.2 Å². The minimum Gasteiger partial charge on any atom is -0.328 e. The van der Waals surface area contributed by atoms with E-state index in [9.17, 15) is 0 Å². The summed E-state index contributed by atoms with van der Waals surface area (Å²) in [5, 5.41) is 4.50. The van der Waals surface area contributed by atoms with Crippen LogP contribution in [-0.2, 0) is 0 Å². The van der Waals surface area contributed by atoms with E-state index in [1.54, 1.807) is 0 Å². The molecule has 8 unspecified atom stereocenters. The topological polar surface area (TPSA) is 38.0 Å². The molecule has 0 saturated carbocycles. The first-order valence-corrected chi connectivity index (χ1v) is 14.5. The Balaban J connectivity index is 2.52. The average Bonchev–Trinajstić information content (AvgIpc) is 3.00. The van der Waals surface area contributed by atoms with Crippen LogP contribution in [0.15, 0.2) is 0 Å². The summed E-state index contributed by atoms with van der Waals surface area (Å²) in [7, 11) is 0. The Morgan fingerprint density at radius 1 is 0.967 bits per heavy atom. The van der Waals surface area contributed by atoms with Gasteiger partial charge in [0, 0.05) is 11.3 Å². The summed E-state index contributed by atoms with van der Waals surface area (Å²) in [6.07, 6.45) is 12.4. The van der Waals surface area contributed by atoms with E-state index in [1.807, 2.05) is 0 Å². The molecule has 1 rings (SSSR count). The van der Waals surface area contributed by atoms with Crippen LogP contribution in [-0.4, -0.2) is 30.1 Å². The minimum absolute atomic E-state index is 0.303. The van der Waals surface area contributed by atoms with E-state index in [0.29, 0.717) is 17.2 Å². The lowest BCUT2D eigenvalue weighted by Crippen LogP contribution is -2.32. The van der Waals surface area contributed by atoms with Crippen LogP contribution in [0.25, 0.3) is 0 Å². The predicted octanol–water partition coefficient (Wildman–Crippen LogP) is 7.37. The molecule has 1 saturated heterocycles. The van der Waals surface area contributed by atoms with Gasteiger partial charge in [0.2, 0.25) is 0 Å². The third-order valence-electron chi connectivity index (χ3n) is 8.29. The van der Waals surface area contributed by atoms with Crippen molar-refractivity contribution in [3.05, 3.63) is 0 Å². The summed E-state index contributed by atoms with van der Waals surface area (Å²) in [5.74, 6) is 6.32. The molecule has 1 aliphatic rings. The van der Waals surface area contributed by atoms with Crippen molar-refractivity contribution < 1.29 is 0 Å². The van der Waals surface area contributed by atoms with Gasteiger partial charge in [-0.05, 0) is 93.4 Å². The van der Waals surface area contributed by atoms with E-state index in [1.165, 1.54) is 76.6 Å². The van der Waals surface area contributed by atoms with E-state index in [-0.39, 0.29) is 0 Å². The summed E-state index contributed by atoms with van der Waals surface area (Å²) in [6, 6.07) is 0.303. The fourth-order valence-corrected chi connectivity index (χ4v) is 7.03. The number of nitrogens with one attached hydrogen (secondary N) is 1. The van der Waals surface area contributed by atoms with Crippen LogP contribution in [0.5, 0.6) is 0 Å². The summed E-state index contributed by atoms with van der Waals surface area (Å²) in [4.78, 5) is 0. The molecule has 1 heterocycles. The van der Waals surface area contributed by atoms with Crippen molar-refractivity contribution in [2.45, 2.75) is 118 Å². The third kappa shape index (κ3) is 10.3. The molecule has 0 spiro atoms. The van der Waals surface area contributed by atoms with E-state index < -0.39 is 0 Å². The molecular formula is C27H56N2S. The molecule has 3 heteroatoms. The van der Waals surface area contributed by atoms with E-state index in [2.05, 4.69) is 65.5 Å². The summed E-state index contributed by atoms with van der Waals surface area (Å²) < 4.78 is 0.